The predicted molar refractivity (Wildman–Crippen MR) is 89.4 cm³/mol. The minimum atomic E-state index is -0.838. The second-order valence-electron chi connectivity index (χ2n) is 6.65. The highest BCUT2D eigenvalue weighted by atomic mass is 19.1. The normalized spacial score (nSPS) is 21.9. The summed E-state index contributed by atoms with van der Waals surface area (Å²) in [5.74, 6) is -2.56. The largest absolute Gasteiger partial charge is 0.347 e. The lowest BCUT2D eigenvalue weighted by atomic mass is 9.94. The Morgan fingerprint density at radius 1 is 1.24 bits per heavy atom. The van der Waals surface area contributed by atoms with Gasteiger partial charge in [0, 0.05) is 25.1 Å². The van der Waals surface area contributed by atoms with E-state index in [0.717, 1.165) is 25.7 Å². The number of hydrogen-bond acceptors (Lipinski definition) is 4. The third-order valence-electron chi connectivity index (χ3n) is 4.66. The molecule has 7 heteroatoms. The molecule has 1 aromatic rings. The molecule has 1 spiro atoms. The molecule has 2 aliphatic rings. The second-order valence-corrected chi connectivity index (χ2v) is 6.65. The molecule has 1 atom stereocenters. The van der Waals surface area contributed by atoms with E-state index in [-0.39, 0.29) is 18.3 Å². The maximum Gasteiger partial charge on any atom is 0.313 e. The van der Waals surface area contributed by atoms with Crippen molar-refractivity contribution in [3.8, 4) is 0 Å². The van der Waals surface area contributed by atoms with E-state index in [2.05, 4.69) is 10.6 Å². The van der Waals surface area contributed by atoms with Gasteiger partial charge in [-0.15, -0.1) is 0 Å². The number of nitrogens with one attached hydrogen (secondary N) is 2. The van der Waals surface area contributed by atoms with Crippen molar-refractivity contribution in [2.24, 2.45) is 0 Å². The number of aryl methyl sites for hydroxylation is 1. The van der Waals surface area contributed by atoms with E-state index in [4.69, 9.17) is 9.47 Å². The highest BCUT2D eigenvalue weighted by molar-refractivity contribution is 6.39. The van der Waals surface area contributed by atoms with E-state index in [1.165, 1.54) is 18.6 Å². The van der Waals surface area contributed by atoms with Crippen LogP contribution in [-0.4, -0.2) is 36.9 Å². The molecule has 6 nitrogen and oxygen atoms in total. The summed E-state index contributed by atoms with van der Waals surface area (Å²) in [7, 11) is 0. The molecule has 2 amide bonds. The summed E-state index contributed by atoms with van der Waals surface area (Å²) in [6.07, 6.45) is 4.83. The zero-order valence-electron chi connectivity index (χ0n) is 14.3. The van der Waals surface area contributed by atoms with Gasteiger partial charge in [0.05, 0.1) is 6.61 Å². The van der Waals surface area contributed by atoms with Crippen LogP contribution >= 0.6 is 0 Å². The Labute approximate surface area is 146 Å². The van der Waals surface area contributed by atoms with E-state index in [0.29, 0.717) is 12.2 Å². The van der Waals surface area contributed by atoms with E-state index in [1.54, 1.807) is 13.0 Å². The van der Waals surface area contributed by atoms with Crippen LogP contribution in [0.1, 0.15) is 37.7 Å². The summed E-state index contributed by atoms with van der Waals surface area (Å²) >= 11 is 0. The fraction of sp³-hybridized carbons (Fsp3) is 0.556. The molecular formula is C18H23FN2O4. The van der Waals surface area contributed by atoms with Crippen molar-refractivity contribution < 1.29 is 23.5 Å². The number of carbonyl (C=O) groups excluding carboxylic acids is 2. The number of halogens is 1. The number of carbonyl (C=O) groups is 2. The molecule has 0 unspecified atom stereocenters. The van der Waals surface area contributed by atoms with E-state index in [1.807, 2.05) is 0 Å². The van der Waals surface area contributed by atoms with Crippen molar-refractivity contribution in [1.29, 1.82) is 0 Å². The van der Waals surface area contributed by atoms with Crippen molar-refractivity contribution in [3.63, 3.8) is 0 Å². The molecule has 1 saturated carbocycles. The quantitative estimate of drug-likeness (QED) is 0.820. The summed E-state index contributed by atoms with van der Waals surface area (Å²) in [4.78, 5) is 23.8. The first-order valence-electron chi connectivity index (χ1n) is 8.65. The molecule has 0 bridgehead atoms. The van der Waals surface area contributed by atoms with Gasteiger partial charge < -0.3 is 20.1 Å². The second kappa shape index (κ2) is 7.49. The van der Waals surface area contributed by atoms with Gasteiger partial charge in [0.25, 0.3) is 0 Å². The molecular weight excluding hydrogens is 327 g/mol. The number of rotatable bonds is 3. The van der Waals surface area contributed by atoms with Gasteiger partial charge in [0.2, 0.25) is 0 Å². The molecule has 1 saturated heterocycles. The molecule has 1 heterocycles. The smallest absolute Gasteiger partial charge is 0.313 e. The zero-order chi connectivity index (χ0) is 17.9. The summed E-state index contributed by atoms with van der Waals surface area (Å²) in [5.41, 5.74) is 0.710. The van der Waals surface area contributed by atoms with Crippen molar-refractivity contribution >= 4 is 17.5 Å². The molecule has 0 radical (unpaired) electrons. The number of amides is 2. The molecule has 3 rings (SSSR count). The first-order chi connectivity index (χ1) is 12.0. The first kappa shape index (κ1) is 17.8. The van der Waals surface area contributed by atoms with Gasteiger partial charge in [-0.25, -0.2) is 4.39 Å². The van der Waals surface area contributed by atoms with Crippen molar-refractivity contribution in [1.82, 2.24) is 5.32 Å². The molecule has 2 N–H and O–H groups in total. The third-order valence-corrected chi connectivity index (χ3v) is 4.66. The van der Waals surface area contributed by atoms with Crippen LogP contribution in [0.25, 0.3) is 0 Å². The summed E-state index contributed by atoms with van der Waals surface area (Å²) in [6.45, 7) is 2.23. The third kappa shape index (κ3) is 4.35. The zero-order valence-corrected chi connectivity index (χ0v) is 14.3. The lowest BCUT2D eigenvalue weighted by Gasteiger charge is -2.31. The molecule has 2 fully saturated rings. The topological polar surface area (TPSA) is 76.7 Å². The van der Waals surface area contributed by atoms with Crippen LogP contribution in [0.2, 0.25) is 0 Å². The Morgan fingerprint density at radius 3 is 2.72 bits per heavy atom. The summed E-state index contributed by atoms with van der Waals surface area (Å²) in [5, 5.41) is 4.92. The molecule has 1 aromatic carbocycles. The lowest BCUT2D eigenvalue weighted by molar-refractivity contribution is -0.186. The van der Waals surface area contributed by atoms with Gasteiger partial charge >= 0.3 is 11.8 Å². The van der Waals surface area contributed by atoms with Crippen molar-refractivity contribution in [2.75, 3.05) is 18.5 Å². The highest BCUT2D eigenvalue weighted by Gasteiger charge is 2.42. The number of benzene rings is 1. The van der Waals surface area contributed by atoms with Crippen LogP contribution in [-0.2, 0) is 19.1 Å². The molecule has 1 aliphatic heterocycles. The van der Waals surface area contributed by atoms with Crippen LogP contribution in [0.4, 0.5) is 10.1 Å². The average Bonchev–Trinajstić information content (AvgIpc) is 2.99. The van der Waals surface area contributed by atoms with Gasteiger partial charge in [-0.05, 0) is 37.5 Å². The number of hydrogen-bond donors (Lipinski definition) is 2. The van der Waals surface area contributed by atoms with E-state index < -0.39 is 23.4 Å². The van der Waals surface area contributed by atoms with E-state index >= 15 is 0 Å². The highest BCUT2D eigenvalue weighted by Crippen LogP contribution is 2.37. The first-order valence-corrected chi connectivity index (χ1v) is 8.65. The van der Waals surface area contributed by atoms with Crippen molar-refractivity contribution in [2.45, 2.75) is 50.9 Å². The minimum Gasteiger partial charge on any atom is -0.347 e. The number of anilines is 1. The van der Waals surface area contributed by atoms with Gasteiger partial charge in [0.1, 0.15) is 11.9 Å². The maximum atomic E-state index is 13.5. The predicted octanol–water partition coefficient (Wildman–Crippen LogP) is 2.26. The van der Waals surface area contributed by atoms with Gasteiger partial charge in [-0.3, -0.25) is 9.59 Å². The Balaban J connectivity index is 1.46. The van der Waals surface area contributed by atoms with Gasteiger partial charge in [0.15, 0.2) is 5.79 Å². The average molecular weight is 350 g/mol. The van der Waals surface area contributed by atoms with Crippen LogP contribution in [0.5, 0.6) is 0 Å². The Kier molecular flexibility index (Phi) is 5.34. The van der Waals surface area contributed by atoms with Gasteiger partial charge in [-0.2, -0.15) is 0 Å². The minimum absolute atomic E-state index is 0.205. The molecule has 0 aromatic heterocycles. The lowest BCUT2D eigenvalue weighted by Crippen LogP contribution is -2.41. The molecule has 25 heavy (non-hydrogen) atoms. The fourth-order valence-corrected chi connectivity index (χ4v) is 3.22. The van der Waals surface area contributed by atoms with Crippen LogP contribution in [0.3, 0.4) is 0 Å². The molecule has 136 valence electrons. The Morgan fingerprint density at radius 2 is 2.00 bits per heavy atom. The standard InChI is InChI=1S/C18H23FN2O4/c1-12-5-6-13(9-15(12)19)21-17(23)16(22)20-10-14-11-24-18(25-14)7-3-2-4-8-18/h5-6,9,14H,2-4,7-8,10-11H2,1H3,(H,20,22)(H,21,23)/t14-/m0/s1. The van der Waals surface area contributed by atoms with Crippen LogP contribution in [0.15, 0.2) is 18.2 Å². The maximum absolute atomic E-state index is 13.5. The monoisotopic (exact) mass is 350 g/mol. The Hall–Kier alpha value is -1.99. The molecule has 1 aliphatic carbocycles. The SMILES string of the molecule is Cc1ccc(NC(=O)C(=O)NC[C@H]2COC3(CCCCC3)O2)cc1F. The van der Waals surface area contributed by atoms with Crippen molar-refractivity contribution in [3.05, 3.63) is 29.6 Å². The van der Waals surface area contributed by atoms with Crippen LogP contribution < -0.4 is 10.6 Å². The van der Waals surface area contributed by atoms with Crippen LogP contribution in [0, 0.1) is 12.7 Å². The Bertz CT molecular complexity index is 658. The summed E-state index contributed by atoms with van der Waals surface area (Å²) < 4.78 is 25.2. The van der Waals surface area contributed by atoms with E-state index in [9.17, 15) is 14.0 Å². The summed E-state index contributed by atoms with van der Waals surface area (Å²) in [6, 6.07) is 4.27. The number of ether oxygens (including phenoxy) is 2. The fourth-order valence-electron chi connectivity index (χ4n) is 3.22. The van der Waals surface area contributed by atoms with Gasteiger partial charge in [-0.1, -0.05) is 12.5 Å².